The molecule has 0 saturated carbocycles. The molecule has 2 fully saturated rings. The molecule has 1 spiro atoms. The van der Waals surface area contributed by atoms with Crippen LogP contribution >= 0.6 is 11.3 Å². The number of nitrogens with one attached hydrogen (secondary N) is 2. The van der Waals surface area contributed by atoms with E-state index in [0.717, 1.165) is 30.3 Å². The lowest BCUT2D eigenvalue weighted by Crippen LogP contribution is -2.59. The van der Waals surface area contributed by atoms with Gasteiger partial charge in [-0.2, -0.15) is 0 Å². The van der Waals surface area contributed by atoms with Gasteiger partial charge >= 0.3 is 0 Å². The van der Waals surface area contributed by atoms with E-state index in [-0.39, 0.29) is 0 Å². The summed E-state index contributed by atoms with van der Waals surface area (Å²) in [6.45, 7) is 3.37. The number of nitrogens with zero attached hydrogens (tertiary/aromatic N) is 3. The fourth-order valence-electron chi connectivity index (χ4n) is 4.54. The standard InChI is InChI=1S/C19H23N5S/c1-2-7-23-19(5-1)6-3-10-24(13-19)15-4-8-20-17-16(15)14(12-22-17)18-21-9-11-25-18/h4,8-9,11-12,23H,1-3,5-7,10,13H2,(H,20,22)/t19-/m0/s1. The molecule has 2 saturated heterocycles. The van der Waals surface area contributed by atoms with Gasteiger partial charge in [-0.05, 0) is 38.3 Å². The van der Waals surface area contributed by atoms with Gasteiger partial charge in [0.15, 0.2) is 0 Å². The second kappa shape index (κ2) is 6.11. The summed E-state index contributed by atoms with van der Waals surface area (Å²) in [5.74, 6) is 0. The van der Waals surface area contributed by atoms with Gasteiger partial charge in [-0.25, -0.2) is 9.97 Å². The molecule has 0 aromatic carbocycles. The maximum atomic E-state index is 4.55. The number of fused-ring (bicyclic) bond motifs is 1. The van der Waals surface area contributed by atoms with Crippen LogP contribution < -0.4 is 10.2 Å². The fraction of sp³-hybridized carbons (Fsp3) is 0.474. The lowest BCUT2D eigenvalue weighted by Gasteiger charge is -2.47. The molecule has 1 atom stereocenters. The third-order valence-electron chi connectivity index (χ3n) is 5.71. The minimum Gasteiger partial charge on any atom is -0.369 e. The SMILES string of the molecule is c1csc(-c2c[nH]c3nccc(N4CCC[C@@]5(CCCCN5)C4)c23)n1. The second-order valence-electron chi connectivity index (χ2n) is 7.28. The van der Waals surface area contributed by atoms with E-state index in [0.29, 0.717) is 5.54 Å². The van der Waals surface area contributed by atoms with Gasteiger partial charge in [0.2, 0.25) is 0 Å². The van der Waals surface area contributed by atoms with Gasteiger partial charge in [-0.1, -0.05) is 6.42 Å². The number of H-pyrrole nitrogens is 1. The molecule has 2 aliphatic rings. The number of pyridine rings is 1. The van der Waals surface area contributed by atoms with Crippen molar-refractivity contribution in [2.75, 3.05) is 24.5 Å². The first-order valence-electron chi connectivity index (χ1n) is 9.21. The van der Waals surface area contributed by atoms with Crippen molar-refractivity contribution in [3.05, 3.63) is 30.0 Å². The van der Waals surface area contributed by atoms with Crippen LogP contribution in [0.1, 0.15) is 32.1 Å². The molecule has 2 N–H and O–H groups in total. The number of aromatic amines is 1. The Kier molecular flexibility index (Phi) is 3.75. The molecule has 5 nitrogen and oxygen atoms in total. The zero-order chi connectivity index (χ0) is 16.7. The van der Waals surface area contributed by atoms with Crippen molar-refractivity contribution in [3.8, 4) is 10.6 Å². The molecule has 2 aliphatic heterocycles. The van der Waals surface area contributed by atoms with Crippen molar-refractivity contribution in [2.24, 2.45) is 0 Å². The van der Waals surface area contributed by atoms with Crippen LogP contribution in [0.3, 0.4) is 0 Å². The Labute approximate surface area is 151 Å². The monoisotopic (exact) mass is 353 g/mol. The van der Waals surface area contributed by atoms with Crippen LogP contribution in [0.2, 0.25) is 0 Å². The molecular formula is C19H23N5S. The van der Waals surface area contributed by atoms with Gasteiger partial charge in [-0.3, -0.25) is 0 Å². The van der Waals surface area contributed by atoms with E-state index in [9.17, 15) is 0 Å². The van der Waals surface area contributed by atoms with Gasteiger partial charge < -0.3 is 15.2 Å². The van der Waals surface area contributed by atoms with E-state index in [1.807, 2.05) is 17.8 Å². The second-order valence-corrected chi connectivity index (χ2v) is 8.18. The molecule has 130 valence electrons. The number of hydrogen-bond acceptors (Lipinski definition) is 5. The van der Waals surface area contributed by atoms with E-state index in [1.165, 1.54) is 48.7 Å². The number of hydrogen-bond donors (Lipinski definition) is 2. The highest BCUT2D eigenvalue weighted by atomic mass is 32.1. The van der Waals surface area contributed by atoms with E-state index in [4.69, 9.17) is 0 Å². The van der Waals surface area contributed by atoms with Gasteiger partial charge in [0.25, 0.3) is 0 Å². The highest BCUT2D eigenvalue weighted by Gasteiger charge is 2.37. The van der Waals surface area contributed by atoms with Crippen LogP contribution in [0.4, 0.5) is 5.69 Å². The zero-order valence-electron chi connectivity index (χ0n) is 14.3. The van der Waals surface area contributed by atoms with Gasteiger partial charge in [0.05, 0.1) is 11.1 Å². The number of anilines is 1. The largest absolute Gasteiger partial charge is 0.369 e. The average Bonchev–Trinajstić information content (AvgIpc) is 3.31. The zero-order valence-corrected chi connectivity index (χ0v) is 15.1. The predicted octanol–water partition coefficient (Wildman–Crippen LogP) is 3.80. The summed E-state index contributed by atoms with van der Waals surface area (Å²) in [5.41, 5.74) is 3.72. The Bertz CT molecular complexity index is 858. The van der Waals surface area contributed by atoms with Crippen LogP contribution in [0.5, 0.6) is 0 Å². The van der Waals surface area contributed by atoms with Crippen LogP contribution in [-0.2, 0) is 0 Å². The molecule has 3 aromatic rings. The molecule has 0 unspecified atom stereocenters. The van der Waals surface area contributed by atoms with Gasteiger partial charge in [0.1, 0.15) is 10.7 Å². The lowest BCUT2D eigenvalue weighted by atomic mass is 9.81. The molecular weight excluding hydrogens is 330 g/mol. The Morgan fingerprint density at radius 2 is 2.08 bits per heavy atom. The fourth-order valence-corrected chi connectivity index (χ4v) is 5.20. The topological polar surface area (TPSA) is 56.8 Å². The maximum absolute atomic E-state index is 4.55. The summed E-state index contributed by atoms with van der Waals surface area (Å²) in [6, 6.07) is 2.18. The van der Waals surface area contributed by atoms with Crippen molar-refractivity contribution >= 4 is 28.1 Å². The molecule has 0 aliphatic carbocycles. The minimum atomic E-state index is 0.295. The molecule has 25 heavy (non-hydrogen) atoms. The van der Waals surface area contributed by atoms with Crippen LogP contribution in [0.25, 0.3) is 21.6 Å². The van der Waals surface area contributed by atoms with Crippen molar-refractivity contribution in [2.45, 2.75) is 37.6 Å². The van der Waals surface area contributed by atoms with Crippen molar-refractivity contribution in [1.82, 2.24) is 20.3 Å². The first-order valence-corrected chi connectivity index (χ1v) is 10.1. The van der Waals surface area contributed by atoms with Gasteiger partial charge in [-0.15, -0.1) is 11.3 Å². The van der Waals surface area contributed by atoms with Crippen LogP contribution in [-0.4, -0.2) is 40.1 Å². The maximum Gasteiger partial charge on any atom is 0.140 e. The van der Waals surface area contributed by atoms with Crippen LogP contribution in [0, 0.1) is 0 Å². The average molecular weight is 353 g/mol. The van der Waals surface area contributed by atoms with Gasteiger partial charge in [0, 0.05) is 48.2 Å². The third kappa shape index (κ3) is 2.64. The Morgan fingerprint density at radius 1 is 1.12 bits per heavy atom. The van der Waals surface area contributed by atoms with Crippen molar-refractivity contribution < 1.29 is 0 Å². The smallest absolute Gasteiger partial charge is 0.140 e. The number of aromatic nitrogens is 3. The van der Waals surface area contributed by atoms with Crippen LogP contribution in [0.15, 0.2) is 30.0 Å². The Balaban J connectivity index is 1.57. The summed E-state index contributed by atoms with van der Waals surface area (Å²) < 4.78 is 0. The minimum absolute atomic E-state index is 0.295. The Morgan fingerprint density at radius 3 is 2.92 bits per heavy atom. The van der Waals surface area contributed by atoms with E-state index in [2.05, 4.69) is 37.4 Å². The molecule has 0 radical (unpaired) electrons. The van der Waals surface area contributed by atoms with Crippen molar-refractivity contribution in [3.63, 3.8) is 0 Å². The van der Waals surface area contributed by atoms with E-state index >= 15 is 0 Å². The summed E-state index contributed by atoms with van der Waals surface area (Å²) >= 11 is 1.68. The molecule has 0 amide bonds. The Hall–Kier alpha value is -1.92. The molecule has 0 bridgehead atoms. The highest BCUT2D eigenvalue weighted by molar-refractivity contribution is 7.13. The summed E-state index contributed by atoms with van der Waals surface area (Å²) in [6.07, 6.45) is 12.3. The molecule has 5 rings (SSSR count). The number of piperidine rings is 2. The molecule has 5 heterocycles. The van der Waals surface area contributed by atoms with E-state index < -0.39 is 0 Å². The molecule has 3 aromatic heterocycles. The number of thiazole rings is 1. The van der Waals surface area contributed by atoms with E-state index in [1.54, 1.807) is 11.3 Å². The third-order valence-corrected chi connectivity index (χ3v) is 6.52. The lowest BCUT2D eigenvalue weighted by molar-refractivity contribution is 0.216. The normalized spacial score (nSPS) is 24.2. The summed E-state index contributed by atoms with van der Waals surface area (Å²) in [5, 5.41) is 8.15. The molecule has 6 heteroatoms. The first kappa shape index (κ1) is 15.3. The quantitative estimate of drug-likeness (QED) is 0.736. The van der Waals surface area contributed by atoms with Crippen molar-refractivity contribution in [1.29, 1.82) is 0 Å². The first-order chi connectivity index (χ1) is 12.3. The highest BCUT2D eigenvalue weighted by Crippen LogP contribution is 2.38. The number of rotatable bonds is 2. The summed E-state index contributed by atoms with van der Waals surface area (Å²) in [4.78, 5) is 15.0. The summed E-state index contributed by atoms with van der Waals surface area (Å²) in [7, 11) is 0. The predicted molar refractivity (Wildman–Crippen MR) is 103 cm³/mol.